The van der Waals surface area contributed by atoms with Crippen LogP contribution >= 0.6 is 0 Å². The predicted octanol–water partition coefficient (Wildman–Crippen LogP) is 2.04. The highest BCUT2D eigenvalue weighted by Gasteiger charge is 1.91. The van der Waals surface area contributed by atoms with Gasteiger partial charge in [0.25, 0.3) is 0 Å². The minimum absolute atomic E-state index is 0.607. The molecule has 0 aliphatic rings. The van der Waals surface area contributed by atoms with E-state index in [9.17, 15) is 0 Å². The molecular formula is C11H12N2O. The highest BCUT2D eigenvalue weighted by atomic mass is 16.4. The molecule has 0 atom stereocenters. The lowest BCUT2D eigenvalue weighted by molar-refractivity contribution is 0.321. The summed E-state index contributed by atoms with van der Waals surface area (Å²) < 4.78 is 0. The third-order valence-corrected chi connectivity index (χ3v) is 1.55. The van der Waals surface area contributed by atoms with E-state index in [4.69, 9.17) is 5.21 Å². The predicted molar refractivity (Wildman–Crippen MR) is 55.4 cm³/mol. The van der Waals surface area contributed by atoms with Crippen LogP contribution in [-0.2, 0) is 0 Å². The summed E-state index contributed by atoms with van der Waals surface area (Å²) in [7, 11) is 0. The van der Waals surface area contributed by atoms with Gasteiger partial charge in [-0.3, -0.25) is 0 Å². The zero-order valence-corrected chi connectivity index (χ0v) is 8.07. The van der Waals surface area contributed by atoms with E-state index < -0.39 is 0 Å². The molecule has 0 aliphatic carbocycles. The SMILES string of the molecule is CCCC#Cc1cccc(/C=N/O)n1. The Morgan fingerprint density at radius 2 is 2.43 bits per heavy atom. The first-order chi connectivity index (χ1) is 6.86. The number of pyridine rings is 1. The van der Waals surface area contributed by atoms with Gasteiger partial charge in [0.1, 0.15) is 5.69 Å². The molecular weight excluding hydrogens is 176 g/mol. The summed E-state index contributed by atoms with van der Waals surface area (Å²) >= 11 is 0. The molecule has 0 bridgehead atoms. The fourth-order valence-corrected chi connectivity index (χ4v) is 0.930. The summed E-state index contributed by atoms with van der Waals surface area (Å²) in [5.74, 6) is 5.94. The highest BCUT2D eigenvalue weighted by Crippen LogP contribution is 1.96. The third-order valence-electron chi connectivity index (χ3n) is 1.55. The normalized spacial score (nSPS) is 9.79. The van der Waals surface area contributed by atoms with Crippen LogP contribution in [0.25, 0.3) is 0 Å². The van der Waals surface area contributed by atoms with Crippen molar-refractivity contribution in [2.75, 3.05) is 0 Å². The summed E-state index contributed by atoms with van der Waals surface area (Å²) in [4.78, 5) is 4.15. The average molecular weight is 188 g/mol. The summed E-state index contributed by atoms with van der Waals surface area (Å²) in [6, 6.07) is 5.42. The molecule has 0 fully saturated rings. The number of nitrogens with zero attached hydrogens (tertiary/aromatic N) is 2. The molecule has 0 spiro atoms. The standard InChI is InChI=1S/C11H12N2O/c1-2-3-4-6-10-7-5-8-11(13-10)9-12-14/h5,7-9,14H,2-3H2,1H3/b12-9+. The van der Waals surface area contributed by atoms with Crippen LogP contribution in [-0.4, -0.2) is 16.4 Å². The first kappa shape index (κ1) is 10.3. The van der Waals surface area contributed by atoms with E-state index in [0.717, 1.165) is 12.8 Å². The maximum absolute atomic E-state index is 8.32. The third kappa shape index (κ3) is 3.28. The Kier molecular flexibility index (Phi) is 4.22. The molecule has 0 amide bonds. The lowest BCUT2D eigenvalue weighted by Gasteiger charge is -1.91. The van der Waals surface area contributed by atoms with Crippen molar-refractivity contribution in [1.29, 1.82) is 0 Å². The first-order valence-electron chi connectivity index (χ1n) is 4.50. The minimum Gasteiger partial charge on any atom is -0.411 e. The second kappa shape index (κ2) is 5.76. The van der Waals surface area contributed by atoms with Gasteiger partial charge >= 0.3 is 0 Å². The highest BCUT2D eigenvalue weighted by molar-refractivity contribution is 5.76. The van der Waals surface area contributed by atoms with Crippen LogP contribution in [0.3, 0.4) is 0 Å². The molecule has 1 heterocycles. The fraction of sp³-hybridized carbons (Fsp3) is 0.273. The molecule has 3 heteroatoms. The molecule has 72 valence electrons. The van der Waals surface area contributed by atoms with Crippen LogP contribution in [0.1, 0.15) is 31.2 Å². The second-order valence-electron chi connectivity index (χ2n) is 2.74. The fourth-order valence-electron chi connectivity index (χ4n) is 0.930. The molecule has 0 radical (unpaired) electrons. The van der Waals surface area contributed by atoms with Crippen LogP contribution in [0.15, 0.2) is 23.4 Å². The molecule has 1 N–H and O–H groups in total. The van der Waals surface area contributed by atoms with Crippen LogP contribution in [0.2, 0.25) is 0 Å². The van der Waals surface area contributed by atoms with Crippen molar-refractivity contribution in [1.82, 2.24) is 4.98 Å². The largest absolute Gasteiger partial charge is 0.411 e. The van der Waals surface area contributed by atoms with Gasteiger partial charge in [-0.25, -0.2) is 4.98 Å². The van der Waals surface area contributed by atoms with Gasteiger partial charge in [-0.1, -0.05) is 24.1 Å². The first-order valence-corrected chi connectivity index (χ1v) is 4.50. The number of aromatic nitrogens is 1. The van der Waals surface area contributed by atoms with E-state index in [0.29, 0.717) is 11.4 Å². The van der Waals surface area contributed by atoms with Crippen molar-refractivity contribution in [3.05, 3.63) is 29.6 Å². The van der Waals surface area contributed by atoms with Gasteiger partial charge in [0.15, 0.2) is 0 Å². The van der Waals surface area contributed by atoms with Crippen LogP contribution in [0, 0.1) is 11.8 Å². The Morgan fingerprint density at radius 1 is 1.57 bits per heavy atom. The Bertz CT molecular complexity index is 374. The van der Waals surface area contributed by atoms with E-state index in [2.05, 4.69) is 28.9 Å². The topological polar surface area (TPSA) is 45.5 Å². The van der Waals surface area contributed by atoms with Crippen LogP contribution in [0.4, 0.5) is 0 Å². The lowest BCUT2D eigenvalue weighted by atomic mass is 10.3. The molecule has 1 aromatic rings. The molecule has 3 nitrogen and oxygen atoms in total. The average Bonchev–Trinajstić information content (AvgIpc) is 2.19. The van der Waals surface area contributed by atoms with Crippen molar-refractivity contribution < 1.29 is 5.21 Å². The number of rotatable bonds is 2. The zero-order chi connectivity index (χ0) is 10.2. The van der Waals surface area contributed by atoms with Crippen molar-refractivity contribution in [2.24, 2.45) is 5.16 Å². The zero-order valence-electron chi connectivity index (χ0n) is 8.07. The monoisotopic (exact) mass is 188 g/mol. The number of oxime groups is 1. The molecule has 14 heavy (non-hydrogen) atoms. The molecule has 1 rings (SSSR count). The van der Waals surface area contributed by atoms with Crippen molar-refractivity contribution >= 4 is 6.21 Å². The molecule has 0 saturated carbocycles. The van der Waals surface area contributed by atoms with Gasteiger partial charge in [-0.15, -0.1) is 0 Å². The molecule has 0 unspecified atom stereocenters. The van der Waals surface area contributed by atoms with Gasteiger partial charge in [-0.05, 0) is 24.5 Å². The molecule has 0 aliphatic heterocycles. The quantitative estimate of drug-likeness (QED) is 0.334. The van der Waals surface area contributed by atoms with E-state index >= 15 is 0 Å². The van der Waals surface area contributed by atoms with E-state index in [1.807, 2.05) is 12.1 Å². The Balaban J connectivity index is 2.79. The second-order valence-corrected chi connectivity index (χ2v) is 2.74. The van der Waals surface area contributed by atoms with Crippen LogP contribution < -0.4 is 0 Å². The number of hydrogen-bond acceptors (Lipinski definition) is 3. The number of unbranched alkanes of at least 4 members (excludes halogenated alkanes) is 1. The summed E-state index contributed by atoms with van der Waals surface area (Å²) in [5, 5.41) is 11.2. The Morgan fingerprint density at radius 3 is 3.14 bits per heavy atom. The molecule has 0 aromatic carbocycles. The summed E-state index contributed by atoms with van der Waals surface area (Å²) in [6.45, 7) is 2.08. The summed E-state index contributed by atoms with van der Waals surface area (Å²) in [5.41, 5.74) is 1.31. The van der Waals surface area contributed by atoms with Crippen molar-refractivity contribution in [3.63, 3.8) is 0 Å². The van der Waals surface area contributed by atoms with Gasteiger partial charge < -0.3 is 5.21 Å². The summed E-state index contributed by atoms with van der Waals surface area (Å²) in [6.07, 6.45) is 3.20. The maximum Gasteiger partial charge on any atom is 0.113 e. The van der Waals surface area contributed by atoms with Gasteiger partial charge in [0, 0.05) is 6.42 Å². The van der Waals surface area contributed by atoms with E-state index in [-0.39, 0.29) is 0 Å². The molecule has 1 aromatic heterocycles. The smallest absolute Gasteiger partial charge is 0.113 e. The lowest BCUT2D eigenvalue weighted by Crippen LogP contribution is -1.89. The van der Waals surface area contributed by atoms with E-state index in [1.54, 1.807) is 6.07 Å². The Hall–Kier alpha value is -1.82. The van der Waals surface area contributed by atoms with Gasteiger partial charge in [0.2, 0.25) is 0 Å². The number of hydrogen-bond donors (Lipinski definition) is 1. The Labute approximate surface area is 83.5 Å². The van der Waals surface area contributed by atoms with Gasteiger partial charge in [0.05, 0.1) is 11.9 Å². The van der Waals surface area contributed by atoms with Crippen molar-refractivity contribution in [2.45, 2.75) is 19.8 Å². The minimum atomic E-state index is 0.607. The van der Waals surface area contributed by atoms with E-state index in [1.165, 1.54) is 6.21 Å². The maximum atomic E-state index is 8.32. The van der Waals surface area contributed by atoms with Crippen molar-refractivity contribution in [3.8, 4) is 11.8 Å². The van der Waals surface area contributed by atoms with Crippen LogP contribution in [0.5, 0.6) is 0 Å². The van der Waals surface area contributed by atoms with Gasteiger partial charge in [-0.2, -0.15) is 0 Å². The molecule has 0 saturated heterocycles.